The van der Waals surface area contributed by atoms with Crippen molar-refractivity contribution in [3.05, 3.63) is 69.2 Å². The highest BCUT2D eigenvalue weighted by Crippen LogP contribution is 2.30. The second-order valence-corrected chi connectivity index (χ2v) is 6.38. The van der Waals surface area contributed by atoms with E-state index >= 15 is 0 Å². The molecule has 25 heavy (non-hydrogen) atoms. The summed E-state index contributed by atoms with van der Waals surface area (Å²) in [6.07, 6.45) is 2.83. The predicted octanol–water partition coefficient (Wildman–Crippen LogP) is 4.39. The van der Waals surface area contributed by atoms with Crippen LogP contribution in [0.1, 0.15) is 24.7 Å². The molecule has 0 fully saturated rings. The Balaban J connectivity index is 1.87. The fourth-order valence-corrected chi connectivity index (χ4v) is 3.37. The van der Waals surface area contributed by atoms with Crippen molar-refractivity contribution in [2.24, 2.45) is 0 Å². The zero-order valence-corrected chi connectivity index (χ0v) is 14.6. The van der Waals surface area contributed by atoms with Crippen molar-refractivity contribution in [1.29, 1.82) is 0 Å². The first kappa shape index (κ1) is 15.9. The van der Waals surface area contributed by atoms with Crippen LogP contribution in [0.2, 0.25) is 5.02 Å². The summed E-state index contributed by atoms with van der Waals surface area (Å²) in [4.78, 5) is 17.4. The minimum Gasteiger partial charge on any atom is -0.493 e. The molecule has 4 nitrogen and oxygen atoms in total. The number of hydrogen-bond acceptors (Lipinski definition) is 3. The molecule has 0 radical (unpaired) electrons. The first-order valence-electron chi connectivity index (χ1n) is 8.30. The average Bonchev–Trinajstić information content (AvgIpc) is 3.00. The molecule has 1 aliphatic heterocycles. The van der Waals surface area contributed by atoms with Gasteiger partial charge in [-0.15, -0.1) is 0 Å². The Bertz CT molecular complexity index is 1050. The van der Waals surface area contributed by atoms with Crippen molar-refractivity contribution >= 4 is 34.2 Å². The summed E-state index contributed by atoms with van der Waals surface area (Å²) in [6, 6.07) is 13.1. The molecule has 2 aromatic carbocycles. The number of nitrogens with zero attached hydrogens (tertiary/aromatic N) is 2. The Kier molecular flexibility index (Phi) is 4.06. The molecule has 0 N–H and O–H groups in total. The van der Waals surface area contributed by atoms with Gasteiger partial charge in [0, 0.05) is 17.1 Å². The lowest BCUT2D eigenvalue weighted by atomic mass is 10.1. The van der Waals surface area contributed by atoms with Gasteiger partial charge in [-0.25, -0.2) is 4.98 Å². The van der Waals surface area contributed by atoms with Crippen LogP contribution in [0.3, 0.4) is 0 Å². The Morgan fingerprint density at radius 1 is 1.28 bits per heavy atom. The van der Waals surface area contributed by atoms with E-state index in [1.165, 1.54) is 0 Å². The van der Waals surface area contributed by atoms with Gasteiger partial charge in [-0.2, -0.15) is 0 Å². The first-order valence-corrected chi connectivity index (χ1v) is 8.68. The first-order chi connectivity index (χ1) is 12.2. The average molecular weight is 353 g/mol. The summed E-state index contributed by atoms with van der Waals surface area (Å²) >= 11 is 6.06. The molecule has 0 amide bonds. The Morgan fingerprint density at radius 2 is 2.12 bits per heavy atom. The van der Waals surface area contributed by atoms with E-state index in [0.717, 1.165) is 23.3 Å². The topological polar surface area (TPSA) is 44.1 Å². The zero-order valence-electron chi connectivity index (χ0n) is 13.8. The highest BCUT2D eigenvalue weighted by molar-refractivity contribution is 6.31. The lowest BCUT2D eigenvalue weighted by molar-refractivity contribution is 0.339. The summed E-state index contributed by atoms with van der Waals surface area (Å²) < 4.78 is 7.44. The minimum atomic E-state index is -0.0156. The summed E-state index contributed by atoms with van der Waals surface area (Å²) in [5, 5.41) is 1.18. The maximum Gasteiger partial charge on any atom is 0.261 e. The van der Waals surface area contributed by atoms with Gasteiger partial charge in [0.2, 0.25) is 0 Å². The van der Waals surface area contributed by atoms with Crippen LogP contribution in [-0.2, 0) is 6.54 Å². The molecule has 0 bridgehead atoms. The third-order valence-electron chi connectivity index (χ3n) is 4.36. The summed E-state index contributed by atoms with van der Waals surface area (Å²) in [5.41, 5.74) is 2.65. The summed E-state index contributed by atoms with van der Waals surface area (Å²) in [7, 11) is 0. The lowest BCUT2D eigenvalue weighted by Crippen LogP contribution is -2.20. The molecular weight excluding hydrogens is 336 g/mol. The van der Waals surface area contributed by atoms with E-state index in [9.17, 15) is 4.79 Å². The van der Waals surface area contributed by atoms with Crippen molar-refractivity contribution in [1.82, 2.24) is 9.55 Å². The number of fused-ring (bicyclic) bond motifs is 2. The van der Waals surface area contributed by atoms with Gasteiger partial charge in [-0.1, -0.05) is 29.8 Å². The second-order valence-electron chi connectivity index (χ2n) is 5.94. The van der Waals surface area contributed by atoms with Crippen molar-refractivity contribution < 1.29 is 4.74 Å². The van der Waals surface area contributed by atoms with Gasteiger partial charge in [0.05, 0.1) is 17.5 Å². The monoisotopic (exact) mass is 352 g/mol. The fourth-order valence-electron chi connectivity index (χ4n) is 3.20. The largest absolute Gasteiger partial charge is 0.493 e. The van der Waals surface area contributed by atoms with Gasteiger partial charge in [0.25, 0.3) is 5.56 Å². The molecule has 0 aliphatic carbocycles. The van der Waals surface area contributed by atoms with Crippen LogP contribution in [0.25, 0.3) is 22.6 Å². The highest BCUT2D eigenvalue weighted by atomic mass is 35.5. The maximum atomic E-state index is 12.7. The molecule has 1 aliphatic rings. The van der Waals surface area contributed by atoms with E-state index in [1.807, 2.05) is 31.2 Å². The van der Waals surface area contributed by atoms with E-state index in [1.54, 1.807) is 22.8 Å². The van der Waals surface area contributed by atoms with Crippen LogP contribution < -0.4 is 10.3 Å². The van der Waals surface area contributed by atoms with E-state index in [-0.39, 0.29) is 5.56 Å². The Morgan fingerprint density at radius 3 is 2.96 bits per heavy atom. The van der Waals surface area contributed by atoms with Crippen LogP contribution in [0, 0.1) is 0 Å². The number of hydrogen-bond donors (Lipinski definition) is 0. The highest BCUT2D eigenvalue weighted by Gasteiger charge is 2.21. The molecule has 1 aromatic heterocycles. The van der Waals surface area contributed by atoms with E-state index in [2.05, 4.69) is 6.08 Å². The standard InChI is InChI=1S/C20H17ClN2O2/c1-2-25-18-6-4-3-5-13(18)11-14-9-10-23-19(14)22-17-12-15(21)7-8-16(17)20(23)24/h3-8,11-12H,2,9-10H2,1H3/b14-11+. The van der Waals surface area contributed by atoms with Gasteiger partial charge in [-0.05, 0) is 49.3 Å². The molecule has 126 valence electrons. The quantitative estimate of drug-likeness (QED) is 0.702. The zero-order chi connectivity index (χ0) is 17.4. The molecule has 5 heteroatoms. The van der Waals surface area contributed by atoms with E-state index in [0.29, 0.717) is 34.9 Å². The van der Waals surface area contributed by atoms with E-state index in [4.69, 9.17) is 21.3 Å². The molecule has 2 heterocycles. The minimum absolute atomic E-state index is 0.0156. The smallest absolute Gasteiger partial charge is 0.261 e. The molecule has 0 atom stereocenters. The maximum absolute atomic E-state index is 12.7. The number of halogens is 1. The second kappa shape index (κ2) is 6.37. The predicted molar refractivity (Wildman–Crippen MR) is 101 cm³/mol. The number of aromatic nitrogens is 2. The summed E-state index contributed by atoms with van der Waals surface area (Å²) in [6.45, 7) is 3.21. The van der Waals surface area contributed by atoms with Crippen molar-refractivity contribution in [3.63, 3.8) is 0 Å². The fraction of sp³-hybridized carbons (Fsp3) is 0.200. The molecule has 3 aromatic rings. The van der Waals surface area contributed by atoms with Gasteiger partial charge in [0.15, 0.2) is 0 Å². The number of allylic oxidation sites excluding steroid dienone is 1. The number of para-hydroxylation sites is 1. The lowest BCUT2D eigenvalue weighted by Gasteiger charge is -2.08. The van der Waals surface area contributed by atoms with Crippen molar-refractivity contribution in [2.75, 3.05) is 6.61 Å². The van der Waals surface area contributed by atoms with Gasteiger partial charge < -0.3 is 4.74 Å². The van der Waals surface area contributed by atoms with Crippen LogP contribution in [0.4, 0.5) is 0 Å². The van der Waals surface area contributed by atoms with Crippen LogP contribution in [-0.4, -0.2) is 16.2 Å². The third kappa shape index (κ3) is 2.83. The molecular formula is C20H17ClN2O2. The van der Waals surface area contributed by atoms with Crippen LogP contribution in [0.15, 0.2) is 47.3 Å². The van der Waals surface area contributed by atoms with Gasteiger partial charge >= 0.3 is 0 Å². The van der Waals surface area contributed by atoms with Gasteiger partial charge in [0.1, 0.15) is 11.6 Å². The molecule has 4 rings (SSSR count). The van der Waals surface area contributed by atoms with Gasteiger partial charge in [-0.3, -0.25) is 9.36 Å². The molecule has 0 unspecified atom stereocenters. The Hall–Kier alpha value is -2.59. The van der Waals surface area contributed by atoms with Crippen molar-refractivity contribution in [2.45, 2.75) is 19.9 Å². The normalized spacial score (nSPS) is 14.9. The third-order valence-corrected chi connectivity index (χ3v) is 4.59. The molecule has 0 spiro atoms. The molecule has 0 saturated heterocycles. The van der Waals surface area contributed by atoms with Crippen molar-refractivity contribution in [3.8, 4) is 5.75 Å². The van der Waals surface area contributed by atoms with Crippen LogP contribution >= 0.6 is 11.6 Å². The summed E-state index contributed by atoms with van der Waals surface area (Å²) in [5.74, 6) is 1.55. The molecule has 0 saturated carbocycles. The van der Waals surface area contributed by atoms with Crippen LogP contribution in [0.5, 0.6) is 5.75 Å². The number of benzene rings is 2. The number of ether oxygens (including phenoxy) is 1. The SMILES string of the molecule is CCOc1ccccc1/C=C1\CCn2c1nc1cc(Cl)ccc1c2=O. The Labute approximate surface area is 150 Å². The number of rotatable bonds is 3. The van der Waals surface area contributed by atoms with E-state index < -0.39 is 0 Å².